The average Bonchev–Trinajstić information content (AvgIpc) is 2.31. The second kappa shape index (κ2) is 9.35. The molecule has 0 heterocycles. The monoisotopic (exact) mass is 243 g/mol. The van der Waals surface area contributed by atoms with E-state index < -0.39 is 0 Å². The van der Waals surface area contributed by atoms with E-state index in [0.717, 1.165) is 12.0 Å². The van der Waals surface area contributed by atoms with E-state index in [0.29, 0.717) is 0 Å². The van der Waals surface area contributed by atoms with E-state index in [2.05, 4.69) is 18.5 Å². The van der Waals surface area contributed by atoms with Crippen LogP contribution in [0.1, 0.15) is 58.3 Å². The minimum absolute atomic E-state index is 0.836. The Bertz CT molecular complexity index is 153. The summed E-state index contributed by atoms with van der Waals surface area (Å²) >= 11 is 1.97. The van der Waals surface area contributed by atoms with Crippen LogP contribution < -0.4 is 5.32 Å². The minimum atomic E-state index is 0.836. The van der Waals surface area contributed by atoms with Gasteiger partial charge in [0.15, 0.2) is 0 Å². The van der Waals surface area contributed by atoms with E-state index >= 15 is 0 Å². The van der Waals surface area contributed by atoms with Crippen LogP contribution in [0.2, 0.25) is 0 Å². The molecule has 1 nitrogen and oxygen atoms in total. The molecule has 16 heavy (non-hydrogen) atoms. The van der Waals surface area contributed by atoms with Gasteiger partial charge in [-0.25, -0.2) is 0 Å². The quantitative estimate of drug-likeness (QED) is 0.645. The maximum absolute atomic E-state index is 3.73. The highest BCUT2D eigenvalue weighted by Gasteiger charge is 2.19. The molecular formula is C14H29NS. The zero-order valence-corrected chi connectivity index (χ0v) is 12.0. The van der Waals surface area contributed by atoms with E-state index in [1.54, 1.807) is 0 Å². The van der Waals surface area contributed by atoms with Crippen molar-refractivity contribution in [2.24, 2.45) is 5.92 Å². The van der Waals surface area contributed by atoms with Crippen molar-refractivity contribution in [2.45, 2.75) is 64.3 Å². The number of nitrogens with one attached hydrogen (secondary N) is 1. The van der Waals surface area contributed by atoms with Crippen molar-refractivity contribution < 1.29 is 0 Å². The van der Waals surface area contributed by atoms with Gasteiger partial charge in [0, 0.05) is 6.04 Å². The van der Waals surface area contributed by atoms with Gasteiger partial charge < -0.3 is 5.32 Å². The van der Waals surface area contributed by atoms with Gasteiger partial charge in [0.1, 0.15) is 0 Å². The van der Waals surface area contributed by atoms with E-state index in [4.69, 9.17) is 0 Å². The summed E-state index contributed by atoms with van der Waals surface area (Å²) in [6.07, 6.45) is 13.5. The molecule has 0 bridgehead atoms. The van der Waals surface area contributed by atoms with Crippen molar-refractivity contribution in [1.82, 2.24) is 5.32 Å². The molecule has 0 unspecified atom stereocenters. The highest BCUT2D eigenvalue weighted by molar-refractivity contribution is 7.98. The number of rotatable bonds is 8. The third-order valence-electron chi connectivity index (χ3n) is 3.75. The summed E-state index contributed by atoms with van der Waals surface area (Å²) in [6.45, 7) is 3.56. The minimum Gasteiger partial charge on any atom is -0.314 e. The third-order valence-corrected chi connectivity index (χ3v) is 4.45. The van der Waals surface area contributed by atoms with Crippen LogP contribution in [-0.2, 0) is 0 Å². The summed E-state index contributed by atoms with van der Waals surface area (Å²) < 4.78 is 0. The van der Waals surface area contributed by atoms with Crippen molar-refractivity contribution in [3.05, 3.63) is 0 Å². The molecule has 0 saturated heterocycles. The standard InChI is InChI=1S/C14H29NS/c1-3-6-13-7-9-14(10-8-13)15-11-4-5-12-16-2/h13-15H,3-12H2,1-2H3. The van der Waals surface area contributed by atoms with Gasteiger partial charge in [-0.05, 0) is 63.0 Å². The first-order valence-corrected chi connectivity index (χ1v) is 8.48. The van der Waals surface area contributed by atoms with Gasteiger partial charge in [0.05, 0.1) is 0 Å². The predicted molar refractivity (Wildman–Crippen MR) is 76.3 cm³/mol. The Morgan fingerprint density at radius 3 is 2.50 bits per heavy atom. The predicted octanol–water partition coefficient (Wildman–Crippen LogP) is 4.08. The van der Waals surface area contributed by atoms with Gasteiger partial charge in [-0.1, -0.05) is 19.8 Å². The molecule has 1 N–H and O–H groups in total. The summed E-state index contributed by atoms with van der Waals surface area (Å²) in [7, 11) is 0. The molecule has 2 heteroatoms. The molecule has 0 aromatic heterocycles. The lowest BCUT2D eigenvalue weighted by atomic mass is 9.83. The largest absolute Gasteiger partial charge is 0.314 e. The molecule has 1 fully saturated rings. The van der Waals surface area contributed by atoms with E-state index in [1.165, 1.54) is 63.7 Å². The molecule has 0 radical (unpaired) electrons. The highest BCUT2D eigenvalue weighted by Crippen LogP contribution is 2.27. The van der Waals surface area contributed by atoms with E-state index in [9.17, 15) is 0 Å². The lowest BCUT2D eigenvalue weighted by molar-refractivity contribution is 0.278. The first-order valence-electron chi connectivity index (χ1n) is 7.09. The Hall–Kier alpha value is 0.310. The van der Waals surface area contributed by atoms with E-state index in [1.807, 2.05) is 11.8 Å². The van der Waals surface area contributed by atoms with Crippen molar-refractivity contribution in [1.29, 1.82) is 0 Å². The Morgan fingerprint density at radius 1 is 1.12 bits per heavy atom. The molecule has 0 aliphatic heterocycles. The summed E-state index contributed by atoms with van der Waals surface area (Å²) in [5.74, 6) is 2.37. The van der Waals surface area contributed by atoms with Crippen molar-refractivity contribution in [3.8, 4) is 0 Å². The topological polar surface area (TPSA) is 12.0 Å². The Morgan fingerprint density at radius 2 is 1.88 bits per heavy atom. The molecule has 0 aromatic rings. The maximum Gasteiger partial charge on any atom is 0.00672 e. The first-order chi connectivity index (χ1) is 7.86. The highest BCUT2D eigenvalue weighted by atomic mass is 32.2. The van der Waals surface area contributed by atoms with Gasteiger partial charge in [0.25, 0.3) is 0 Å². The smallest absolute Gasteiger partial charge is 0.00672 e. The molecule has 1 aliphatic carbocycles. The molecule has 96 valence electrons. The van der Waals surface area contributed by atoms with Crippen LogP contribution in [0.5, 0.6) is 0 Å². The van der Waals surface area contributed by atoms with Crippen LogP contribution >= 0.6 is 11.8 Å². The Kier molecular flexibility index (Phi) is 8.40. The second-order valence-electron chi connectivity index (χ2n) is 5.16. The fraction of sp³-hybridized carbons (Fsp3) is 1.00. The normalized spacial score (nSPS) is 25.9. The van der Waals surface area contributed by atoms with Gasteiger partial charge >= 0.3 is 0 Å². The fourth-order valence-corrected chi connectivity index (χ4v) is 3.23. The number of thioether (sulfide) groups is 1. The molecule has 1 saturated carbocycles. The fourth-order valence-electron chi connectivity index (χ4n) is 2.74. The average molecular weight is 243 g/mol. The van der Waals surface area contributed by atoms with Gasteiger partial charge in [-0.2, -0.15) is 11.8 Å². The van der Waals surface area contributed by atoms with Crippen molar-refractivity contribution >= 4 is 11.8 Å². The molecule has 1 aliphatic rings. The molecule has 0 amide bonds. The van der Waals surface area contributed by atoms with E-state index in [-0.39, 0.29) is 0 Å². The molecule has 1 rings (SSSR count). The van der Waals surface area contributed by atoms with Crippen molar-refractivity contribution in [2.75, 3.05) is 18.6 Å². The second-order valence-corrected chi connectivity index (χ2v) is 6.15. The molecule has 0 aromatic carbocycles. The summed E-state index contributed by atoms with van der Waals surface area (Å²) in [4.78, 5) is 0. The zero-order valence-electron chi connectivity index (χ0n) is 11.1. The van der Waals surface area contributed by atoms with Crippen LogP contribution in [0.4, 0.5) is 0 Å². The Labute approximate surface area is 106 Å². The Balaban J connectivity index is 1.95. The molecule has 0 spiro atoms. The van der Waals surface area contributed by atoms with Crippen LogP contribution in [0.25, 0.3) is 0 Å². The lowest BCUT2D eigenvalue weighted by Crippen LogP contribution is -2.33. The third kappa shape index (κ3) is 6.15. The molecule has 0 atom stereocenters. The number of unbranched alkanes of at least 4 members (excludes halogenated alkanes) is 1. The van der Waals surface area contributed by atoms with Gasteiger partial charge in [0.2, 0.25) is 0 Å². The SMILES string of the molecule is CCCC1CCC(NCCCCSC)CC1. The summed E-state index contributed by atoms with van der Waals surface area (Å²) in [6, 6.07) is 0.836. The summed E-state index contributed by atoms with van der Waals surface area (Å²) in [5, 5.41) is 3.73. The van der Waals surface area contributed by atoms with Crippen molar-refractivity contribution in [3.63, 3.8) is 0 Å². The zero-order chi connectivity index (χ0) is 11.6. The van der Waals surface area contributed by atoms with Crippen LogP contribution in [0, 0.1) is 5.92 Å². The van der Waals surface area contributed by atoms with Gasteiger partial charge in [-0.3, -0.25) is 0 Å². The summed E-state index contributed by atoms with van der Waals surface area (Å²) in [5.41, 5.74) is 0. The lowest BCUT2D eigenvalue weighted by Gasteiger charge is -2.29. The van der Waals surface area contributed by atoms with Gasteiger partial charge in [-0.15, -0.1) is 0 Å². The number of hydrogen-bond donors (Lipinski definition) is 1. The first kappa shape index (κ1) is 14.4. The van der Waals surface area contributed by atoms with Crippen LogP contribution in [-0.4, -0.2) is 24.6 Å². The number of hydrogen-bond acceptors (Lipinski definition) is 2. The van der Waals surface area contributed by atoms with Crippen LogP contribution in [0.3, 0.4) is 0 Å². The maximum atomic E-state index is 3.73. The van der Waals surface area contributed by atoms with Crippen LogP contribution in [0.15, 0.2) is 0 Å². The molecular weight excluding hydrogens is 214 g/mol.